The fraction of sp³-hybridized carbons (Fsp3) is 0.914. The number of hydrogen-bond acceptors (Lipinski definition) is 6. The second kappa shape index (κ2) is 31.7. The Morgan fingerprint density at radius 2 is 0.702 bits per heavy atom. The van der Waals surface area contributed by atoms with Gasteiger partial charge in [-0.25, -0.2) is 14.4 Å². The van der Waals surface area contributed by atoms with Crippen LogP contribution in [0.1, 0.15) is 111 Å². The lowest BCUT2D eigenvalue weighted by Crippen LogP contribution is -3.00. The van der Waals surface area contributed by atoms with Gasteiger partial charge in [-0.15, -0.1) is 0 Å². The maximum atomic E-state index is 12.9. The van der Waals surface area contributed by atoms with Gasteiger partial charge in [0.15, 0.2) is 19.6 Å². The standard InChI is InChI=1S/C35H72N3O6.3BrH/c1-9-12-15-18-27-42-33(39)30-36(4,5)23-21-25-38(8,32-35(41)44-29-20-17-14-11-3)26-22-24-37(6,7)31-34(40)43-28-19-16-13-10-2;;;/h9-32H2,1-8H3;3*1H/q+3;;;/p-3. The molecule has 0 saturated carbocycles. The minimum Gasteiger partial charge on any atom is -1.00 e. The van der Waals surface area contributed by atoms with E-state index in [9.17, 15) is 14.4 Å². The first kappa shape index (κ1) is 53.5. The quantitative estimate of drug-likeness (QED) is 0.0341. The first-order valence-corrected chi connectivity index (χ1v) is 17.7. The molecule has 47 heavy (non-hydrogen) atoms. The molecular formula is C35H72Br3N3O6. The molecule has 0 aromatic rings. The monoisotopic (exact) mass is 867 g/mol. The van der Waals surface area contributed by atoms with Crippen molar-refractivity contribution in [3.05, 3.63) is 0 Å². The lowest BCUT2D eigenvalue weighted by Gasteiger charge is -2.36. The minimum absolute atomic E-state index is 0. The zero-order chi connectivity index (χ0) is 33.3. The van der Waals surface area contributed by atoms with E-state index < -0.39 is 0 Å². The van der Waals surface area contributed by atoms with Gasteiger partial charge in [-0.3, -0.25) is 0 Å². The van der Waals surface area contributed by atoms with Crippen molar-refractivity contribution in [2.45, 2.75) is 111 Å². The van der Waals surface area contributed by atoms with E-state index in [0.29, 0.717) is 52.9 Å². The molecule has 0 amide bonds. The van der Waals surface area contributed by atoms with Gasteiger partial charge in [0.25, 0.3) is 0 Å². The summed E-state index contributed by atoms with van der Waals surface area (Å²) in [6, 6.07) is 0. The summed E-state index contributed by atoms with van der Waals surface area (Å²) in [7, 11) is 10.4. The number of carbonyl (C=O) groups is 3. The first-order chi connectivity index (χ1) is 20.8. The highest BCUT2D eigenvalue weighted by molar-refractivity contribution is 5.71. The lowest BCUT2D eigenvalue weighted by atomic mass is 10.2. The van der Waals surface area contributed by atoms with Crippen LogP contribution < -0.4 is 50.9 Å². The van der Waals surface area contributed by atoms with E-state index in [1.807, 2.05) is 0 Å². The summed E-state index contributed by atoms with van der Waals surface area (Å²) in [5, 5.41) is 0. The van der Waals surface area contributed by atoms with E-state index in [1.54, 1.807) is 0 Å². The van der Waals surface area contributed by atoms with Crippen molar-refractivity contribution < 1.29 is 93.0 Å². The molecule has 0 radical (unpaired) electrons. The summed E-state index contributed by atoms with van der Waals surface area (Å²) in [5.41, 5.74) is 0. The molecule has 9 nitrogen and oxygen atoms in total. The average Bonchev–Trinajstić information content (AvgIpc) is 2.91. The van der Waals surface area contributed by atoms with Gasteiger partial charge in [0.2, 0.25) is 0 Å². The third kappa shape index (κ3) is 32.7. The Morgan fingerprint density at radius 1 is 0.404 bits per heavy atom. The number of esters is 3. The zero-order valence-electron chi connectivity index (χ0n) is 31.4. The molecule has 0 heterocycles. The van der Waals surface area contributed by atoms with Gasteiger partial charge in [-0.2, -0.15) is 0 Å². The molecule has 0 fully saturated rings. The normalized spacial score (nSPS) is 11.5. The van der Waals surface area contributed by atoms with Gasteiger partial charge >= 0.3 is 17.9 Å². The second-order valence-electron chi connectivity index (χ2n) is 14.4. The molecule has 0 bridgehead atoms. The molecule has 0 aliphatic carbocycles. The third-order valence-corrected chi connectivity index (χ3v) is 8.33. The Hall–Kier alpha value is -0.270. The summed E-state index contributed by atoms with van der Waals surface area (Å²) in [4.78, 5) is 37.7. The third-order valence-electron chi connectivity index (χ3n) is 8.33. The van der Waals surface area contributed by atoms with E-state index in [-0.39, 0.29) is 68.9 Å². The average molecular weight is 871 g/mol. The van der Waals surface area contributed by atoms with Crippen LogP contribution in [-0.2, 0) is 28.6 Å². The molecule has 0 rings (SSSR count). The van der Waals surface area contributed by atoms with Crippen molar-refractivity contribution in [3.63, 3.8) is 0 Å². The predicted molar refractivity (Wildman–Crippen MR) is 179 cm³/mol. The number of unbranched alkanes of at least 4 members (excludes halogenated alkanes) is 9. The largest absolute Gasteiger partial charge is 1.00 e. The van der Waals surface area contributed by atoms with Crippen molar-refractivity contribution in [2.75, 3.05) is 101 Å². The highest BCUT2D eigenvalue weighted by atomic mass is 79.9. The first-order valence-electron chi connectivity index (χ1n) is 17.7. The van der Waals surface area contributed by atoms with Crippen LogP contribution in [0.25, 0.3) is 0 Å². The van der Waals surface area contributed by atoms with Crippen LogP contribution in [-0.4, -0.2) is 132 Å². The molecule has 0 N–H and O–H groups in total. The van der Waals surface area contributed by atoms with Crippen molar-refractivity contribution in [2.24, 2.45) is 0 Å². The molecule has 0 atom stereocenters. The molecular weight excluding hydrogens is 798 g/mol. The number of hydrogen-bond donors (Lipinski definition) is 0. The zero-order valence-corrected chi connectivity index (χ0v) is 36.2. The van der Waals surface area contributed by atoms with Gasteiger partial charge in [-0.1, -0.05) is 78.6 Å². The van der Waals surface area contributed by atoms with E-state index in [2.05, 4.69) is 56.0 Å². The SMILES string of the molecule is CCCCCCOC(=O)C[N+](C)(C)CCC[N+](C)(CCC[N+](C)(C)CC(=O)OCCCCCC)CC(=O)OCCCCCC.[Br-].[Br-].[Br-]. The Labute approximate surface area is 320 Å². The number of quaternary nitrogens is 3. The van der Waals surface area contributed by atoms with Crippen LogP contribution in [0.15, 0.2) is 0 Å². The Morgan fingerprint density at radius 3 is 1.00 bits per heavy atom. The van der Waals surface area contributed by atoms with Crippen LogP contribution in [0, 0.1) is 0 Å². The van der Waals surface area contributed by atoms with Gasteiger partial charge in [0.1, 0.15) is 0 Å². The minimum atomic E-state index is -0.148. The molecule has 0 aromatic heterocycles. The number of rotatable bonds is 29. The number of likely N-dealkylation sites (N-methyl/N-ethyl adjacent to an activating group) is 3. The number of carbonyl (C=O) groups excluding carboxylic acids is 3. The highest BCUT2D eigenvalue weighted by Gasteiger charge is 2.30. The summed E-state index contributed by atoms with van der Waals surface area (Å²) >= 11 is 0. The number of ether oxygens (including phenoxy) is 3. The molecule has 0 aliphatic rings. The van der Waals surface area contributed by atoms with Crippen LogP contribution in [0.3, 0.4) is 0 Å². The highest BCUT2D eigenvalue weighted by Crippen LogP contribution is 2.12. The summed E-state index contributed by atoms with van der Waals surface area (Å²) in [5.74, 6) is -0.436. The predicted octanol–water partition coefficient (Wildman–Crippen LogP) is -3.25. The van der Waals surface area contributed by atoms with Crippen LogP contribution >= 0.6 is 0 Å². The van der Waals surface area contributed by atoms with Crippen LogP contribution in [0.4, 0.5) is 0 Å². The number of halogens is 3. The fourth-order valence-electron chi connectivity index (χ4n) is 5.48. The maximum Gasteiger partial charge on any atom is 0.361 e. The van der Waals surface area contributed by atoms with E-state index in [1.165, 1.54) is 12.8 Å². The van der Waals surface area contributed by atoms with Crippen molar-refractivity contribution in [1.82, 2.24) is 0 Å². The number of nitrogens with zero attached hydrogens (tertiary/aromatic N) is 3. The van der Waals surface area contributed by atoms with Gasteiger partial charge in [0, 0.05) is 12.8 Å². The van der Waals surface area contributed by atoms with Crippen molar-refractivity contribution >= 4 is 17.9 Å². The van der Waals surface area contributed by atoms with Crippen molar-refractivity contribution in [3.8, 4) is 0 Å². The topological polar surface area (TPSA) is 78.9 Å². The molecule has 0 spiro atoms. The molecule has 0 aromatic carbocycles. The van der Waals surface area contributed by atoms with Gasteiger partial charge in [-0.05, 0) is 19.3 Å². The fourth-order valence-corrected chi connectivity index (χ4v) is 5.48. The lowest BCUT2D eigenvalue weighted by molar-refractivity contribution is -0.921. The Kier molecular flexibility index (Phi) is 36.1. The van der Waals surface area contributed by atoms with E-state index >= 15 is 0 Å². The summed E-state index contributed by atoms with van der Waals surface area (Å²) < 4.78 is 18.3. The second-order valence-corrected chi connectivity index (χ2v) is 14.4. The smallest absolute Gasteiger partial charge is 0.361 e. The maximum absolute atomic E-state index is 12.9. The molecule has 284 valence electrons. The molecule has 12 heteroatoms. The van der Waals surface area contributed by atoms with E-state index in [4.69, 9.17) is 14.2 Å². The van der Waals surface area contributed by atoms with Crippen LogP contribution in [0.5, 0.6) is 0 Å². The molecule has 0 saturated heterocycles. The van der Waals surface area contributed by atoms with Crippen LogP contribution in [0.2, 0.25) is 0 Å². The summed E-state index contributed by atoms with van der Waals surface area (Å²) in [6.07, 6.45) is 14.8. The van der Waals surface area contributed by atoms with Gasteiger partial charge < -0.3 is 78.6 Å². The van der Waals surface area contributed by atoms with Gasteiger partial charge in [0.05, 0.1) is 81.2 Å². The Balaban J connectivity index is -0.00000308. The summed E-state index contributed by atoms with van der Waals surface area (Å²) in [6.45, 7) is 12.3. The van der Waals surface area contributed by atoms with E-state index in [0.717, 1.165) is 103 Å². The molecule has 0 unspecified atom stereocenters. The molecule has 0 aliphatic heterocycles. The Bertz CT molecular complexity index is 742. The van der Waals surface area contributed by atoms with Crippen molar-refractivity contribution in [1.29, 1.82) is 0 Å².